The van der Waals surface area contributed by atoms with Crippen LogP contribution in [0.15, 0.2) is 0 Å². The smallest absolute Gasteiger partial charge is 0.309 e. The minimum absolute atomic E-state index is 0.123. The zero-order valence-corrected chi connectivity index (χ0v) is 9.39. The number of hydrogen-bond acceptors (Lipinski definition) is 4. The van der Waals surface area contributed by atoms with Gasteiger partial charge in [-0.25, -0.2) is 9.97 Å². The fourth-order valence-electron chi connectivity index (χ4n) is 2.38. The molecule has 3 rings (SSSR count). The molecule has 0 bridgehead atoms. The monoisotopic (exact) mass is 234 g/mol. The standard InChI is InChI=1S/C12H14N2O3/c15-9-4-3-7-11(9)8(5-10(16)17)14-12(13-7)6-1-2-6/h6,9,15H,1-5H2,(H,16,17). The molecular formula is C12H14N2O3. The van der Waals surface area contributed by atoms with E-state index in [1.165, 1.54) is 0 Å². The molecule has 5 heteroatoms. The normalized spacial score (nSPS) is 22.5. The zero-order valence-electron chi connectivity index (χ0n) is 9.39. The van der Waals surface area contributed by atoms with Gasteiger partial charge in [0.2, 0.25) is 0 Å². The average Bonchev–Trinajstić information content (AvgIpc) is 3.03. The topological polar surface area (TPSA) is 83.3 Å². The van der Waals surface area contributed by atoms with E-state index in [9.17, 15) is 9.90 Å². The molecule has 1 aromatic heterocycles. The Morgan fingerprint density at radius 3 is 2.71 bits per heavy atom. The molecule has 0 saturated heterocycles. The van der Waals surface area contributed by atoms with E-state index in [1.54, 1.807) is 0 Å². The largest absolute Gasteiger partial charge is 0.481 e. The van der Waals surface area contributed by atoms with E-state index in [0.717, 1.165) is 30.8 Å². The number of fused-ring (bicyclic) bond motifs is 1. The second-order valence-electron chi connectivity index (χ2n) is 4.79. The first-order chi connectivity index (χ1) is 8.15. The van der Waals surface area contributed by atoms with E-state index in [0.29, 0.717) is 23.6 Å². The fourth-order valence-corrected chi connectivity index (χ4v) is 2.38. The molecule has 2 N–H and O–H groups in total. The van der Waals surface area contributed by atoms with Crippen LogP contribution in [0.4, 0.5) is 0 Å². The summed E-state index contributed by atoms with van der Waals surface area (Å²) < 4.78 is 0. The van der Waals surface area contributed by atoms with Crippen molar-refractivity contribution >= 4 is 5.97 Å². The fraction of sp³-hybridized carbons (Fsp3) is 0.583. The predicted octanol–water partition coefficient (Wildman–Crippen LogP) is 0.961. The number of carboxylic acids is 1. The minimum Gasteiger partial charge on any atom is -0.481 e. The number of rotatable bonds is 3. The van der Waals surface area contributed by atoms with Crippen LogP contribution >= 0.6 is 0 Å². The van der Waals surface area contributed by atoms with Crippen molar-refractivity contribution in [2.75, 3.05) is 0 Å². The van der Waals surface area contributed by atoms with Gasteiger partial charge in [-0.05, 0) is 25.7 Å². The molecule has 17 heavy (non-hydrogen) atoms. The summed E-state index contributed by atoms with van der Waals surface area (Å²) in [5, 5.41) is 18.7. The van der Waals surface area contributed by atoms with Gasteiger partial charge in [-0.1, -0.05) is 0 Å². The SMILES string of the molecule is O=C(O)Cc1nc(C2CC2)nc2c1C(O)CC2. The number of carboxylic acid groups (broad SMARTS) is 1. The third-order valence-electron chi connectivity index (χ3n) is 3.37. The van der Waals surface area contributed by atoms with Gasteiger partial charge in [0.25, 0.3) is 0 Å². The number of aromatic nitrogens is 2. The van der Waals surface area contributed by atoms with Gasteiger partial charge in [-0.15, -0.1) is 0 Å². The van der Waals surface area contributed by atoms with Crippen LogP contribution in [0.5, 0.6) is 0 Å². The van der Waals surface area contributed by atoms with Crippen molar-refractivity contribution in [3.8, 4) is 0 Å². The summed E-state index contributed by atoms with van der Waals surface area (Å²) in [5.41, 5.74) is 2.02. The third kappa shape index (κ3) is 1.91. The molecular weight excluding hydrogens is 220 g/mol. The van der Waals surface area contributed by atoms with Gasteiger partial charge in [0.05, 0.1) is 23.9 Å². The van der Waals surface area contributed by atoms with Gasteiger partial charge in [-0.3, -0.25) is 4.79 Å². The zero-order chi connectivity index (χ0) is 12.0. The van der Waals surface area contributed by atoms with Crippen LogP contribution in [-0.2, 0) is 17.6 Å². The van der Waals surface area contributed by atoms with Crippen molar-refractivity contribution in [2.45, 2.75) is 44.1 Å². The summed E-state index contributed by atoms with van der Waals surface area (Å²) in [4.78, 5) is 19.6. The maximum atomic E-state index is 10.8. The lowest BCUT2D eigenvalue weighted by atomic mass is 10.1. The Morgan fingerprint density at radius 1 is 1.29 bits per heavy atom. The highest BCUT2D eigenvalue weighted by Crippen LogP contribution is 2.40. The highest BCUT2D eigenvalue weighted by Gasteiger charge is 2.32. The molecule has 1 aromatic rings. The van der Waals surface area contributed by atoms with E-state index in [1.807, 2.05) is 0 Å². The molecule has 1 heterocycles. The van der Waals surface area contributed by atoms with E-state index < -0.39 is 12.1 Å². The Bertz CT molecular complexity index is 483. The van der Waals surface area contributed by atoms with Crippen LogP contribution in [0.25, 0.3) is 0 Å². The van der Waals surface area contributed by atoms with Crippen LogP contribution in [-0.4, -0.2) is 26.2 Å². The van der Waals surface area contributed by atoms with Gasteiger partial charge in [0, 0.05) is 11.5 Å². The summed E-state index contributed by atoms with van der Waals surface area (Å²) in [6, 6.07) is 0. The Hall–Kier alpha value is -1.49. The van der Waals surface area contributed by atoms with E-state index >= 15 is 0 Å². The van der Waals surface area contributed by atoms with Crippen molar-refractivity contribution in [1.29, 1.82) is 0 Å². The number of aryl methyl sites for hydroxylation is 1. The summed E-state index contributed by atoms with van der Waals surface area (Å²) in [6.45, 7) is 0. The number of aliphatic hydroxyl groups excluding tert-OH is 1. The number of hydrogen-bond donors (Lipinski definition) is 2. The van der Waals surface area contributed by atoms with Gasteiger partial charge in [0.15, 0.2) is 0 Å². The Kier molecular flexibility index (Phi) is 2.36. The maximum Gasteiger partial charge on any atom is 0.309 e. The van der Waals surface area contributed by atoms with E-state index in [4.69, 9.17) is 5.11 Å². The average molecular weight is 234 g/mol. The summed E-state index contributed by atoms with van der Waals surface area (Å²) in [5.74, 6) is 0.270. The summed E-state index contributed by atoms with van der Waals surface area (Å²) in [7, 11) is 0. The Morgan fingerprint density at radius 2 is 2.06 bits per heavy atom. The molecule has 0 radical (unpaired) electrons. The molecule has 0 aromatic carbocycles. The summed E-state index contributed by atoms with van der Waals surface area (Å²) >= 11 is 0. The van der Waals surface area contributed by atoms with Gasteiger partial charge < -0.3 is 10.2 Å². The summed E-state index contributed by atoms with van der Waals surface area (Å²) in [6.07, 6.45) is 2.83. The number of carbonyl (C=O) groups is 1. The lowest BCUT2D eigenvalue weighted by Gasteiger charge is -2.10. The second-order valence-corrected chi connectivity index (χ2v) is 4.79. The third-order valence-corrected chi connectivity index (χ3v) is 3.37. The molecule has 5 nitrogen and oxygen atoms in total. The Labute approximate surface area is 98.5 Å². The van der Waals surface area contributed by atoms with Crippen LogP contribution < -0.4 is 0 Å². The first-order valence-electron chi connectivity index (χ1n) is 5.94. The van der Waals surface area contributed by atoms with Crippen LogP contribution in [0, 0.1) is 0 Å². The van der Waals surface area contributed by atoms with Gasteiger partial charge in [-0.2, -0.15) is 0 Å². The molecule has 0 spiro atoms. The molecule has 90 valence electrons. The molecule has 1 atom stereocenters. The number of aliphatic carboxylic acids is 1. The van der Waals surface area contributed by atoms with E-state index in [2.05, 4.69) is 9.97 Å². The Balaban J connectivity index is 2.06. The molecule has 1 unspecified atom stereocenters. The first-order valence-corrected chi connectivity index (χ1v) is 5.94. The van der Waals surface area contributed by atoms with Crippen molar-refractivity contribution in [3.63, 3.8) is 0 Å². The van der Waals surface area contributed by atoms with Gasteiger partial charge in [0.1, 0.15) is 5.82 Å². The van der Waals surface area contributed by atoms with Crippen molar-refractivity contribution in [1.82, 2.24) is 9.97 Å². The van der Waals surface area contributed by atoms with E-state index in [-0.39, 0.29) is 6.42 Å². The molecule has 2 aliphatic rings. The molecule has 1 saturated carbocycles. The number of aliphatic hydroxyl groups is 1. The highest BCUT2D eigenvalue weighted by molar-refractivity contribution is 5.70. The number of nitrogens with zero attached hydrogens (tertiary/aromatic N) is 2. The first kappa shape index (κ1) is 10.7. The highest BCUT2D eigenvalue weighted by atomic mass is 16.4. The molecule has 0 amide bonds. The van der Waals surface area contributed by atoms with Crippen molar-refractivity contribution < 1.29 is 15.0 Å². The van der Waals surface area contributed by atoms with Crippen LogP contribution in [0.2, 0.25) is 0 Å². The predicted molar refractivity (Wildman–Crippen MR) is 58.6 cm³/mol. The minimum atomic E-state index is -0.910. The van der Waals surface area contributed by atoms with Crippen molar-refractivity contribution in [2.24, 2.45) is 0 Å². The van der Waals surface area contributed by atoms with Crippen molar-refractivity contribution in [3.05, 3.63) is 22.8 Å². The molecule has 2 aliphatic carbocycles. The lowest BCUT2D eigenvalue weighted by Crippen LogP contribution is -2.11. The van der Waals surface area contributed by atoms with Crippen LogP contribution in [0.1, 0.15) is 54.1 Å². The quantitative estimate of drug-likeness (QED) is 0.813. The maximum absolute atomic E-state index is 10.8. The lowest BCUT2D eigenvalue weighted by molar-refractivity contribution is -0.136. The molecule has 0 aliphatic heterocycles. The second kappa shape index (κ2) is 3.77. The molecule has 1 fully saturated rings. The van der Waals surface area contributed by atoms with Crippen LogP contribution in [0.3, 0.4) is 0 Å². The van der Waals surface area contributed by atoms with Gasteiger partial charge >= 0.3 is 5.97 Å².